The van der Waals surface area contributed by atoms with Crippen LogP contribution in [-0.2, 0) is 0 Å². The van der Waals surface area contributed by atoms with Gasteiger partial charge < -0.3 is 25.2 Å². The van der Waals surface area contributed by atoms with Crippen molar-refractivity contribution in [3.63, 3.8) is 0 Å². The second-order valence-corrected chi connectivity index (χ2v) is 5.33. The molecule has 0 fully saturated rings. The number of aromatic hydroxyl groups is 2. The van der Waals surface area contributed by atoms with Crippen molar-refractivity contribution in [1.82, 2.24) is 0 Å². The van der Waals surface area contributed by atoms with Crippen molar-refractivity contribution in [1.29, 1.82) is 0 Å². The van der Waals surface area contributed by atoms with Crippen molar-refractivity contribution in [2.24, 2.45) is 0 Å². The summed E-state index contributed by atoms with van der Waals surface area (Å²) in [6, 6.07) is 20.3. The SMILES string of the molecule is OB(O)c1ccc(N(c2ccc(O)cc2)c2ccc(O)cc2)cc1. The summed E-state index contributed by atoms with van der Waals surface area (Å²) in [5, 5.41) is 37.5. The van der Waals surface area contributed by atoms with Crippen LogP contribution in [-0.4, -0.2) is 27.4 Å². The summed E-state index contributed by atoms with van der Waals surface area (Å²) in [7, 11) is -1.52. The molecule has 0 atom stereocenters. The van der Waals surface area contributed by atoms with E-state index >= 15 is 0 Å². The predicted molar refractivity (Wildman–Crippen MR) is 94.3 cm³/mol. The van der Waals surface area contributed by atoms with Gasteiger partial charge in [0.25, 0.3) is 0 Å². The number of anilines is 3. The fourth-order valence-corrected chi connectivity index (χ4v) is 2.45. The maximum Gasteiger partial charge on any atom is 0.488 e. The lowest BCUT2D eigenvalue weighted by molar-refractivity contribution is 0.426. The summed E-state index contributed by atoms with van der Waals surface area (Å²) in [6.07, 6.45) is 0. The largest absolute Gasteiger partial charge is 0.508 e. The maximum atomic E-state index is 9.51. The zero-order valence-corrected chi connectivity index (χ0v) is 12.7. The van der Waals surface area contributed by atoms with Crippen molar-refractivity contribution in [3.05, 3.63) is 72.8 Å². The fourth-order valence-electron chi connectivity index (χ4n) is 2.45. The summed E-state index contributed by atoms with van der Waals surface area (Å²) >= 11 is 0. The van der Waals surface area contributed by atoms with Gasteiger partial charge in [-0.15, -0.1) is 0 Å². The molecule has 0 aliphatic rings. The Morgan fingerprint density at radius 2 is 0.875 bits per heavy atom. The summed E-state index contributed by atoms with van der Waals surface area (Å²) in [6.45, 7) is 0. The van der Waals surface area contributed by atoms with Gasteiger partial charge in [0.2, 0.25) is 0 Å². The van der Waals surface area contributed by atoms with E-state index in [1.807, 2.05) is 4.90 Å². The summed E-state index contributed by atoms with van der Waals surface area (Å²) in [5.41, 5.74) is 2.83. The molecule has 0 saturated heterocycles. The van der Waals surface area contributed by atoms with Gasteiger partial charge >= 0.3 is 7.12 Å². The smallest absolute Gasteiger partial charge is 0.488 e. The third-order valence-corrected chi connectivity index (χ3v) is 3.67. The first-order valence-electron chi connectivity index (χ1n) is 7.39. The van der Waals surface area contributed by atoms with E-state index < -0.39 is 7.12 Å². The molecule has 0 aromatic heterocycles. The van der Waals surface area contributed by atoms with Crippen LogP contribution in [0.25, 0.3) is 0 Å². The van der Waals surface area contributed by atoms with Crippen molar-refractivity contribution < 1.29 is 20.3 Å². The molecule has 0 heterocycles. The number of benzene rings is 3. The highest BCUT2D eigenvalue weighted by Crippen LogP contribution is 2.35. The molecule has 6 heteroatoms. The van der Waals surface area contributed by atoms with E-state index in [1.165, 1.54) is 0 Å². The normalized spacial score (nSPS) is 10.4. The predicted octanol–water partition coefficient (Wildman–Crippen LogP) is 2.25. The zero-order chi connectivity index (χ0) is 17.1. The van der Waals surface area contributed by atoms with E-state index in [9.17, 15) is 20.3 Å². The Morgan fingerprint density at radius 1 is 0.542 bits per heavy atom. The van der Waals surface area contributed by atoms with Crippen LogP contribution in [0, 0.1) is 0 Å². The lowest BCUT2D eigenvalue weighted by atomic mass is 9.80. The van der Waals surface area contributed by atoms with Crippen LogP contribution >= 0.6 is 0 Å². The summed E-state index contributed by atoms with van der Waals surface area (Å²) < 4.78 is 0. The van der Waals surface area contributed by atoms with E-state index in [4.69, 9.17) is 0 Å². The molecule has 4 N–H and O–H groups in total. The molecule has 24 heavy (non-hydrogen) atoms. The third-order valence-electron chi connectivity index (χ3n) is 3.67. The summed E-state index contributed by atoms with van der Waals surface area (Å²) in [5.74, 6) is 0.339. The number of phenolic OH excluding ortho intramolecular Hbond substituents is 2. The van der Waals surface area contributed by atoms with E-state index in [-0.39, 0.29) is 11.5 Å². The lowest BCUT2D eigenvalue weighted by Gasteiger charge is -2.25. The van der Waals surface area contributed by atoms with Gasteiger partial charge in [-0.25, -0.2) is 0 Å². The molecule has 0 unspecified atom stereocenters. The van der Waals surface area contributed by atoms with Crippen LogP contribution in [0.15, 0.2) is 72.8 Å². The Kier molecular flexibility index (Phi) is 4.42. The molecular weight excluding hydrogens is 305 g/mol. The summed E-state index contributed by atoms with van der Waals surface area (Å²) in [4.78, 5) is 1.92. The molecule has 0 spiro atoms. The molecule has 0 saturated carbocycles. The van der Waals surface area contributed by atoms with Gasteiger partial charge in [-0.1, -0.05) is 12.1 Å². The van der Waals surface area contributed by atoms with Gasteiger partial charge in [-0.2, -0.15) is 0 Å². The van der Waals surface area contributed by atoms with Gasteiger partial charge in [-0.05, 0) is 66.1 Å². The average molecular weight is 321 g/mol. The van der Waals surface area contributed by atoms with E-state index in [1.54, 1.807) is 72.8 Å². The number of phenols is 2. The van der Waals surface area contributed by atoms with Crippen molar-refractivity contribution >= 4 is 29.6 Å². The highest BCUT2D eigenvalue weighted by Gasteiger charge is 2.15. The Balaban J connectivity index is 2.07. The first-order chi connectivity index (χ1) is 11.5. The van der Waals surface area contributed by atoms with E-state index in [2.05, 4.69) is 0 Å². The second kappa shape index (κ2) is 6.66. The number of nitrogens with zero attached hydrogens (tertiary/aromatic N) is 1. The molecule has 0 aliphatic heterocycles. The Bertz CT molecular complexity index is 756. The zero-order valence-electron chi connectivity index (χ0n) is 12.7. The lowest BCUT2D eigenvalue weighted by Crippen LogP contribution is -2.29. The van der Waals surface area contributed by atoms with Gasteiger partial charge in [-0.3, -0.25) is 0 Å². The number of hydrogen-bond donors (Lipinski definition) is 4. The fraction of sp³-hybridized carbons (Fsp3) is 0. The van der Waals surface area contributed by atoms with E-state index in [0.29, 0.717) is 5.46 Å². The van der Waals surface area contributed by atoms with Crippen molar-refractivity contribution in [3.8, 4) is 11.5 Å². The van der Waals surface area contributed by atoms with Crippen LogP contribution in [0.1, 0.15) is 0 Å². The Morgan fingerprint density at radius 3 is 1.21 bits per heavy atom. The van der Waals surface area contributed by atoms with Crippen LogP contribution in [0.5, 0.6) is 11.5 Å². The standard InChI is InChI=1S/C18H16BNO4/c21-17-9-5-15(6-10-17)20(16-7-11-18(22)12-8-16)14-3-1-13(2-4-14)19(23)24/h1-12,21-24H. The highest BCUT2D eigenvalue weighted by atomic mass is 16.4. The number of hydrogen-bond acceptors (Lipinski definition) is 5. The van der Waals surface area contributed by atoms with Crippen LogP contribution in [0.2, 0.25) is 0 Å². The molecular formula is C18H16BNO4. The molecule has 3 aromatic rings. The second-order valence-electron chi connectivity index (χ2n) is 5.33. The molecule has 120 valence electrons. The Hall–Kier alpha value is -2.96. The monoisotopic (exact) mass is 321 g/mol. The molecule has 3 aromatic carbocycles. The number of rotatable bonds is 4. The van der Waals surface area contributed by atoms with E-state index in [0.717, 1.165) is 17.1 Å². The minimum Gasteiger partial charge on any atom is -0.508 e. The van der Waals surface area contributed by atoms with Gasteiger partial charge in [0.1, 0.15) is 11.5 Å². The van der Waals surface area contributed by atoms with Gasteiger partial charge in [0.05, 0.1) is 0 Å². The van der Waals surface area contributed by atoms with Crippen LogP contribution < -0.4 is 10.4 Å². The van der Waals surface area contributed by atoms with Crippen LogP contribution in [0.4, 0.5) is 17.1 Å². The van der Waals surface area contributed by atoms with Crippen molar-refractivity contribution in [2.45, 2.75) is 0 Å². The molecule has 3 rings (SSSR count). The van der Waals surface area contributed by atoms with Crippen LogP contribution in [0.3, 0.4) is 0 Å². The molecule has 0 aliphatic carbocycles. The topological polar surface area (TPSA) is 84.2 Å². The minimum absolute atomic E-state index is 0.170. The molecule has 0 radical (unpaired) electrons. The van der Waals surface area contributed by atoms with Gasteiger partial charge in [0.15, 0.2) is 0 Å². The van der Waals surface area contributed by atoms with Crippen molar-refractivity contribution in [2.75, 3.05) is 4.90 Å². The minimum atomic E-state index is -1.52. The Labute approximate surface area is 139 Å². The molecule has 0 amide bonds. The van der Waals surface area contributed by atoms with Gasteiger partial charge in [0, 0.05) is 17.1 Å². The highest BCUT2D eigenvalue weighted by molar-refractivity contribution is 6.58. The maximum absolute atomic E-state index is 9.51. The first kappa shape index (κ1) is 15.9. The first-order valence-corrected chi connectivity index (χ1v) is 7.39. The average Bonchev–Trinajstić information content (AvgIpc) is 2.59. The molecule has 0 bridgehead atoms. The third kappa shape index (κ3) is 3.35. The quantitative estimate of drug-likeness (QED) is 0.554. The molecule has 5 nitrogen and oxygen atoms in total.